The standard InChI is InChI=1S/C13H16N2O5/c1-14-13(12(16)17)7-6-9(8-13)20-11-5-3-2-4-10(11)15(18)19/h2-5,9,14H,6-8H2,1H3,(H,16,17). The number of nitro benzene ring substituents is 1. The van der Waals surface area contributed by atoms with Crippen LogP contribution in [0.25, 0.3) is 0 Å². The molecule has 0 spiro atoms. The van der Waals surface area contributed by atoms with E-state index in [0.717, 1.165) is 0 Å². The maximum Gasteiger partial charge on any atom is 0.324 e. The van der Waals surface area contributed by atoms with Crippen LogP contribution in [-0.2, 0) is 4.79 Å². The zero-order valence-electron chi connectivity index (χ0n) is 11.0. The Labute approximate surface area is 115 Å². The molecule has 0 amide bonds. The lowest BCUT2D eigenvalue weighted by molar-refractivity contribution is -0.386. The molecule has 2 unspecified atom stereocenters. The highest BCUT2D eigenvalue weighted by atomic mass is 16.6. The van der Waals surface area contributed by atoms with E-state index in [2.05, 4.69) is 5.32 Å². The number of carboxylic acid groups (broad SMARTS) is 1. The van der Waals surface area contributed by atoms with Crippen LogP contribution in [0.2, 0.25) is 0 Å². The van der Waals surface area contributed by atoms with Gasteiger partial charge < -0.3 is 15.2 Å². The normalized spacial score (nSPS) is 25.4. The van der Waals surface area contributed by atoms with Crippen molar-refractivity contribution in [3.05, 3.63) is 34.4 Å². The third-order valence-electron chi connectivity index (χ3n) is 3.71. The molecule has 1 aliphatic rings. The van der Waals surface area contributed by atoms with E-state index >= 15 is 0 Å². The molecule has 1 fully saturated rings. The van der Waals surface area contributed by atoms with Crippen molar-refractivity contribution in [1.82, 2.24) is 5.32 Å². The van der Waals surface area contributed by atoms with Crippen LogP contribution in [0.5, 0.6) is 5.75 Å². The number of likely N-dealkylation sites (N-methyl/N-ethyl adjacent to an activating group) is 1. The summed E-state index contributed by atoms with van der Waals surface area (Å²) in [5.74, 6) is -0.742. The van der Waals surface area contributed by atoms with Gasteiger partial charge in [0.25, 0.3) is 0 Å². The van der Waals surface area contributed by atoms with Gasteiger partial charge in [0.1, 0.15) is 11.6 Å². The number of carboxylic acids is 1. The summed E-state index contributed by atoms with van der Waals surface area (Å²) in [4.78, 5) is 21.7. The Balaban J connectivity index is 2.13. The van der Waals surface area contributed by atoms with Crippen LogP contribution in [-0.4, -0.2) is 34.7 Å². The van der Waals surface area contributed by atoms with E-state index in [9.17, 15) is 20.0 Å². The van der Waals surface area contributed by atoms with Crippen molar-refractivity contribution in [2.24, 2.45) is 0 Å². The molecule has 0 radical (unpaired) electrons. The van der Waals surface area contributed by atoms with Crippen molar-refractivity contribution in [3.8, 4) is 5.75 Å². The van der Waals surface area contributed by atoms with Crippen LogP contribution in [0.15, 0.2) is 24.3 Å². The predicted octanol–water partition coefficient (Wildman–Crippen LogP) is 1.57. The molecule has 2 atom stereocenters. The molecular formula is C13H16N2O5. The first-order chi connectivity index (χ1) is 9.48. The molecule has 7 nitrogen and oxygen atoms in total. The van der Waals surface area contributed by atoms with Crippen LogP contribution in [0, 0.1) is 10.1 Å². The highest BCUT2D eigenvalue weighted by Gasteiger charge is 2.45. The Morgan fingerprint density at radius 2 is 2.25 bits per heavy atom. The maximum absolute atomic E-state index is 11.3. The smallest absolute Gasteiger partial charge is 0.324 e. The number of nitrogens with zero attached hydrogens (tertiary/aromatic N) is 1. The molecule has 2 N–H and O–H groups in total. The Morgan fingerprint density at radius 1 is 1.55 bits per heavy atom. The second kappa shape index (κ2) is 5.46. The van der Waals surface area contributed by atoms with Gasteiger partial charge in [0, 0.05) is 12.5 Å². The number of aliphatic carboxylic acids is 1. The average molecular weight is 280 g/mol. The SMILES string of the molecule is CNC1(C(=O)O)CCC(Oc2ccccc2[N+](=O)[O-])C1. The number of hydrogen-bond donors (Lipinski definition) is 2. The Bertz CT molecular complexity index is 533. The number of nitrogens with one attached hydrogen (secondary N) is 1. The third-order valence-corrected chi connectivity index (χ3v) is 3.71. The minimum absolute atomic E-state index is 0.107. The first-order valence-electron chi connectivity index (χ1n) is 6.31. The predicted molar refractivity (Wildman–Crippen MR) is 70.8 cm³/mol. The fourth-order valence-electron chi connectivity index (χ4n) is 2.52. The summed E-state index contributed by atoms with van der Waals surface area (Å²) >= 11 is 0. The van der Waals surface area contributed by atoms with E-state index in [1.165, 1.54) is 12.1 Å². The molecule has 0 aliphatic heterocycles. The lowest BCUT2D eigenvalue weighted by Gasteiger charge is -2.23. The molecule has 1 aromatic rings. The minimum atomic E-state index is -1.01. The molecule has 0 heterocycles. The highest BCUT2D eigenvalue weighted by molar-refractivity contribution is 5.79. The lowest BCUT2D eigenvalue weighted by atomic mass is 9.98. The number of carbonyl (C=O) groups is 1. The van der Waals surface area contributed by atoms with Gasteiger partial charge in [-0.3, -0.25) is 14.9 Å². The molecule has 0 aromatic heterocycles. The second-order valence-electron chi connectivity index (χ2n) is 4.84. The van der Waals surface area contributed by atoms with E-state index in [0.29, 0.717) is 12.8 Å². The van der Waals surface area contributed by atoms with Gasteiger partial charge in [-0.05, 0) is 26.0 Å². The van der Waals surface area contributed by atoms with Crippen LogP contribution in [0.3, 0.4) is 0 Å². The van der Waals surface area contributed by atoms with E-state index in [4.69, 9.17) is 4.74 Å². The number of benzene rings is 1. The summed E-state index contributed by atoms with van der Waals surface area (Å²) in [6, 6.07) is 6.11. The zero-order valence-corrected chi connectivity index (χ0v) is 11.0. The quantitative estimate of drug-likeness (QED) is 0.627. The molecule has 7 heteroatoms. The second-order valence-corrected chi connectivity index (χ2v) is 4.84. The Kier molecular flexibility index (Phi) is 3.89. The number of para-hydroxylation sites is 2. The first-order valence-corrected chi connectivity index (χ1v) is 6.31. The average Bonchev–Trinajstić information content (AvgIpc) is 2.84. The Morgan fingerprint density at radius 3 is 2.80 bits per heavy atom. The largest absolute Gasteiger partial charge is 0.483 e. The summed E-state index contributed by atoms with van der Waals surface area (Å²) < 4.78 is 5.63. The fourth-order valence-corrected chi connectivity index (χ4v) is 2.52. The van der Waals surface area contributed by atoms with Gasteiger partial charge in [-0.2, -0.15) is 0 Å². The van der Waals surface area contributed by atoms with Crippen LogP contribution >= 0.6 is 0 Å². The van der Waals surface area contributed by atoms with E-state index < -0.39 is 16.4 Å². The van der Waals surface area contributed by atoms with Gasteiger partial charge in [0.2, 0.25) is 0 Å². The van der Waals surface area contributed by atoms with E-state index in [-0.39, 0.29) is 24.0 Å². The number of rotatable bonds is 5. The van der Waals surface area contributed by atoms with E-state index in [1.54, 1.807) is 19.2 Å². The first kappa shape index (κ1) is 14.3. The van der Waals surface area contributed by atoms with Crippen LogP contribution < -0.4 is 10.1 Å². The molecule has 108 valence electrons. The van der Waals surface area contributed by atoms with Crippen molar-refractivity contribution in [2.75, 3.05) is 7.05 Å². The maximum atomic E-state index is 11.3. The number of nitro groups is 1. The summed E-state index contributed by atoms with van der Waals surface area (Å²) in [5.41, 5.74) is -1.11. The minimum Gasteiger partial charge on any atom is -0.483 e. The number of hydrogen-bond acceptors (Lipinski definition) is 5. The van der Waals surface area contributed by atoms with Gasteiger partial charge >= 0.3 is 11.7 Å². The van der Waals surface area contributed by atoms with Crippen molar-refractivity contribution >= 4 is 11.7 Å². The van der Waals surface area contributed by atoms with E-state index in [1.807, 2.05) is 0 Å². The van der Waals surface area contributed by atoms with Gasteiger partial charge in [0.15, 0.2) is 5.75 Å². The van der Waals surface area contributed by atoms with Gasteiger partial charge in [-0.1, -0.05) is 12.1 Å². The van der Waals surface area contributed by atoms with Crippen molar-refractivity contribution in [1.29, 1.82) is 0 Å². The topological polar surface area (TPSA) is 102 Å². The van der Waals surface area contributed by atoms with Crippen LogP contribution in [0.1, 0.15) is 19.3 Å². The van der Waals surface area contributed by atoms with Crippen molar-refractivity contribution in [3.63, 3.8) is 0 Å². The molecule has 2 rings (SSSR count). The lowest BCUT2D eigenvalue weighted by Crippen LogP contribution is -2.48. The zero-order chi connectivity index (χ0) is 14.8. The monoisotopic (exact) mass is 280 g/mol. The van der Waals surface area contributed by atoms with Crippen LogP contribution in [0.4, 0.5) is 5.69 Å². The van der Waals surface area contributed by atoms with Gasteiger partial charge in [-0.25, -0.2) is 0 Å². The summed E-state index contributed by atoms with van der Waals surface area (Å²) in [5, 5.41) is 23.0. The summed E-state index contributed by atoms with van der Waals surface area (Å²) in [6.45, 7) is 0. The molecule has 20 heavy (non-hydrogen) atoms. The van der Waals surface area contributed by atoms with Crippen molar-refractivity contribution in [2.45, 2.75) is 30.9 Å². The third kappa shape index (κ3) is 2.57. The summed E-state index contributed by atoms with van der Waals surface area (Å²) in [6.07, 6.45) is 0.911. The molecule has 0 bridgehead atoms. The van der Waals surface area contributed by atoms with Crippen molar-refractivity contribution < 1.29 is 19.6 Å². The fraction of sp³-hybridized carbons (Fsp3) is 0.462. The highest BCUT2D eigenvalue weighted by Crippen LogP contribution is 2.35. The molecule has 0 saturated heterocycles. The summed E-state index contributed by atoms with van der Waals surface area (Å²) in [7, 11) is 1.60. The molecule has 1 aromatic carbocycles. The molecule has 1 saturated carbocycles. The van der Waals surface area contributed by atoms with Gasteiger partial charge in [-0.15, -0.1) is 0 Å². The van der Waals surface area contributed by atoms with Gasteiger partial charge in [0.05, 0.1) is 4.92 Å². The Hall–Kier alpha value is -2.15. The molecule has 1 aliphatic carbocycles. The number of ether oxygens (including phenoxy) is 1. The molecular weight excluding hydrogens is 264 g/mol.